The molecule has 0 aliphatic carbocycles. The number of aryl methyl sites for hydroxylation is 1. The third-order valence-electron chi connectivity index (χ3n) is 3.29. The molecule has 0 aromatic carbocycles. The highest BCUT2D eigenvalue weighted by Crippen LogP contribution is 2.21. The van der Waals surface area contributed by atoms with E-state index in [0.29, 0.717) is 24.5 Å². The largest absolute Gasteiger partial charge is 0.390 e. The van der Waals surface area contributed by atoms with Crippen LogP contribution in [0, 0.1) is 24.0 Å². The number of nitro groups is 1. The van der Waals surface area contributed by atoms with Crippen molar-refractivity contribution in [1.29, 1.82) is 0 Å². The summed E-state index contributed by atoms with van der Waals surface area (Å²) in [5, 5.41) is 28.0. The van der Waals surface area contributed by atoms with Gasteiger partial charge in [0, 0.05) is 35.4 Å². The molecule has 1 rings (SSSR count). The molecule has 0 radical (unpaired) electrons. The molecule has 0 amide bonds. The number of aromatic nitrogens is 2. The molecule has 1 aromatic heterocycles. The Balaban J connectivity index is 2.56. The fourth-order valence-electron chi connectivity index (χ4n) is 1.96. The molecule has 0 bridgehead atoms. The molecule has 0 saturated heterocycles. The Kier molecular flexibility index (Phi) is 6.43. The topological polar surface area (TPSA) is 110 Å². The molecule has 120 valence electrons. The number of hydrogen-bond donors (Lipinski definition) is 2. The van der Waals surface area contributed by atoms with Gasteiger partial charge in [-0.25, -0.2) is 0 Å². The van der Waals surface area contributed by atoms with Crippen LogP contribution in [0.15, 0.2) is 0 Å². The Morgan fingerprint density at radius 3 is 2.57 bits per heavy atom. The number of rotatable bonds is 8. The number of nitrogens with one attached hydrogen (secondary N) is 1. The van der Waals surface area contributed by atoms with E-state index < -0.39 is 21.8 Å². The second-order valence-electron chi connectivity index (χ2n) is 5.08. The molecule has 3 unspecified atom stereocenters. The van der Waals surface area contributed by atoms with E-state index in [9.17, 15) is 19.4 Å². The summed E-state index contributed by atoms with van der Waals surface area (Å²) in [5.41, 5.74) is 0.761. The highest BCUT2D eigenvalue weighted by atomic mass is 32.2. The van der Waals surface area contributed by atoms with Crippen molar-refractivity contribution in [2.75, 3.05) is 19.3 Å². The molecule has 0 saturated carbocycles. The van der Waals surface area contributed by atoms with Crippen LogP contribution < -0.4 is 5.32 Å². The lowest BCUT2D eigenvalue weighted by Crippen LogP contribution is -2.35. The lowest BCUT2D eigenvalue weighted by Gasteiger charge is -2.14. The summed E-state index contributed by atoms with van der Waals surface area (Å²) in [6.45, 7) is 6.08. The fourth-order valence-corrected chi connectivity index (χ4v) is 2.32. The summed E-state index contributed by atoms with van der Waals surface area (Å²) in [5.74, 6) is 0. The van der Waals surface area contributed by atoms with Gasteiger partial charge in [-0.05, 0) is 20.8 Å². The normalized spacial score (nSPS) is 15.7. The standard InChI is InChI=1S/C12H22N4O4S/c1-8(21(4)20)5-13-6-11(17)7-15-10(3)12(16(18)19)9(2)14-15/h8,11,13,17H,5-7H2,1-4H3. The average Bonchev–Trinajstić information content (AvgIpc) is 2.63. The molecular weight excluding hydrogens is 296 g/mol. The number of hydrogen-bond acceptors (Lipinski definition) is 6. The zero-order chi connectivity index (χ0) is 16.2. The van der Waals surface area contributed by atoms with E-state index in [4.69, 9.17) is 0 Å². The van der Waals surface area contributed by atoms with Crippen molar-refractivity contribution in [3.05, 3.63) is 21.5 Å². The maximum atomic E-state index is 11.2. The van der Waals surface area contributed by atoms with Gasteiger partial charge >= 0.3 is 5.69 Å². The van der Waals surface area contributed by atoms with Gasteiger partial charge in [-0.2, -0.15) is 5.10 Å². The van der Waals surface area contributed by atoms with E-state index in [2.05, 4.69) is 10.4 Å². The minimum Gasteiger partial charge on any atom is -0.390 e. The minimum absolute atomic E-state index is 0.00645. The maximum absolute atomic E-state index is 11.2. The minimum atomic E-state index is -0.908. The smallest absolute Gasteiger partial charge is 0.312 e. The number of aliphatic hydroxyl groups excluding tert-OH is 1. The van der Waals surface area contributed by atoms with Gasteiger partial charge < -0.3 is 10.4 Å². The van der Waals surface area contributed by atoms with Crippen molar-refractivity contribution in [2.45, 2.75) is 38.7 Å². The quantitative estimate of drug-likeness (QED) is 0.520. The number of nitrogens with zero attached hydrogens (tertiary/aromatic N) is 3. The van der Waals surface area contributed by atoms with Gasteiger partial charge in [0.2, 0.25) is 0 Å². The molecule has 0 spiro atoms. The van der Waals surface area contributed by atoms with Crippen molar-refractivity contribution in [2.24, 2.45) is 0 Å². The van der Waals surface area contributed by atoms with E-state index in [1.165, 1.54) is 4.68 Å². The molecule has 21 heavy (non-hydrogen) atoms. The zero-order valence-corrected chi connectivity index (χ0v) is 13.5. The summed E-state index contributed by atoms with van der Waals surface area (Å²) in [6.07, 6.45) is 0.915. The Morgan fingerprint density at radius 1 is 1.48 bits per heavy atom. The molecule has 8 nitrogen and oxygen atoms in total. The predicted molar refractivity (Wildman–Crippen MR) is 80.8 cm³/mol. The Bertz CT molecular complexity index is 532. The van der Waals surface area contributed by atoms with Crippen LogP contribution in [0.1, 0.15) is 18.3 Å². The lowest BCUT2D eigenvalue weighted by molar-refractivity contribution is -0.386. The van der Waals surface area contributed by atoms with Crippen LogP contribution in [0.4, 0.5) is 5.69 Å². The van der Waals surface area contributed by atoms with E-state index in [0.717, 1.165) is 0 Å². The Labute approximate surface area is 126 Å². The van der Waals surface area contributed by atoms with Crippen molar-refractivity contribution in [3.8, 4) is 0 Å². The first-order chi connectivity index (χ1) is 9.73. The average molecular weight is 318 g/mol. The van der Waals surface area contributed by atoms with Gasteiger partial charge in [0.1, 0.15) is 11.4 Å². The molecule has 3 atom stereocenters. The Hall–Kier alpha value is -1.32. The predicted octanol–water partition coefficient (Wildman–Crippen LogP) is 0.126. The third-order valence-corrected chi connectivity index (χ3v) is 4.59. The van der Waals surface area contributed by atoms with E-state index in [1.807, 2.05) is 6.92 Å². The third kappa shape index (κ3) is 4.87. The van der Waals surface area contributed by atoms with Gasteiger partial charge in [-0.15, -0.1) is 0 Å². The highest BCUT2D eigenvalue weighted by molar-refractivity contribution is 7.84. The second kappa shape index (κ2) is 7.62. The maximum Gasteiger partial charge on any atom is 0.312 e. The van der Waals surface area contributed by atoms with Gasteiger partial charge in [-0.3, -0.25) is 19.0 Å². The first kappa shape index (κ1) is 17.7. The fraction of sp³-hybridized carbons (Fsp3) is 0.750. The molecule has 9 heteroatoms. The summed E-state index contributed by atoms with van der Waals surface area (Å²) in [7, 11) is -0.908. The van der Waals surface area contributed by atoms with Gasteiger partial charge in [0.05, 0.1) is 17.6 Å². The number of aliphatic hydroxyl groups is 1. The summed E-state index contributed by atoms with van der Waals surface area (Å²) < 4.78 is 12.6. The molecular formula is C12H22N4O4S. The molecule has 1 heterocycles. The van der Waals surface area contributed by atoms with Crippen LogP contribution in [-0.2, 0) is 17.3 Å². The second-order valence-corrected chi connectivity index (χ2v) is 6.88. The van der Waals surface area contributed by atoms with Crippen LogP contribution in [0.5, 0.6) is 0 Å². The van der Waals surface area contributed by atoms with Crippen molar-refractivity contribution >= 4 is 16.5 Å². The SMILES string of the molecule is Cc1nn(CC(O)CNCC(C)S(C)=O)c(C)c1[N+](=O)[O-]. The molecule has 1 aromatic rings. The lowest BCUT2D eigenvalue weighted by atomic mass is 10.3. The summed E-state index contributed by atoms with van der Waals surface area (Å²) in [6, 6.07) is 0. The van der Waals surface area contributed by atoms with Crippen LogP contribution in [-0.4, -0.2) is 54.7 Å². The van der Waals surface area contributed by atoms with Gasteiger partial charge in [0.15, 0.2) is 0 Å². The van der Waals surface area contributed by atoms with E-state index in [-0.39, 0.29) is 17.5 Å². The summed E-state index contributed by atoms with van der Waals surface area (Å²) in [4.78, 5) is 10.4. The van der Waals surface area contributed by atoms with Crippen molar-refractivity contribution in [1.82, 2.24) is 15.1 Å². The van der Waals surface area contributed by atoms with Crippen LogP contribution >= 0.6 is 0 Å². The summed E-state index contributed by atoms with van der Waals surface area (Å²) >= 11 is 0. The molecule has 0 fully saturated rings. The molecule has 0 aliphatic heterocycles. The first-order valence-corrected chi connectivity index (χ1v) is 8.25. The first-order valence-electron chi connectivity index (χ1n) is 6.63. The Morgan fingerprint density at radius 2 is 2.10 bits per heavy atom. The van der Waals surface area contributed by atoms with E-state index in [1.54, 1.807) is 20.1 Å². The van der Waals surface area contributed by atoms with E-state index >= 15 is 0 Å². The van der Waals surface area contributed by atoms with Crippen LogP contribution in [0.3, 0.4) is 0 Å². The van der Waals surface area contributed by atoms with Gasteiger partial charge in [-0.1, -0.05) is 0 Å². The van der Waals surface area contributed by atoms with Gasteiger partial charge in [0.25, 0.3) is 0 Å². The van der Waals surface area contributed by atoms with Crippen LogP contribution in [0.25, 0.3) is 0 Å². The van der Waals surface area contributed by atoms with Crippen LogP contribution in [0.2, 0.25) is 0 Å². The highest BCUT2D eigenvalue weighted by Gasteiger charge is 2.22. The zero-order valence-electron chi connectivity index (χ0n) is 12.7. The molecule has 2 N–H and O–H groups in total. The van der Waals surface area contributed by atoms with Crippen molar-refractivity contribution < 1.29 is 14.2 Å². The monoisotopic (exact) mass is 318 g/mol. The molecule has 0 aliphatic rings. The van der Waals surface area contributed by atoms with Crippen molar-refractivity contribution in [3.63, 3.8) is 0 Å².